The number of carbonyl (C=O) groups is 1. The first-order chi connectivity index (χ1) is 19.5. The third kappa shape index (κ3) is 6.07. The normalized spacial score (nSPS) is 11.0. The number of para-hydroxylation sites is 1. The van der Waals surface area contributed by atoms with Crippen LogP contribution >= 0.6 is 0 Å². The molecule has 0 spiro atoms. The molecule has 0 atom stereocenters. The molecule has 200 valence electrons. The van der Waals surface area contributed by atoms with E-state index in [-0.39, 0.29) is 18.3 Å². The van der Waals surface area contributed by atoms with E-state index in [0.717, 1.165) is 16.7 Å². The molecular formula is C32H26FN3O4. The predicted molar refractivity (Wildman–Crippen MR) is 153 cm³/mol. The molecule has 0 fully saturated rings. The quantitative estimate of drug-likeness (QED) is 0.174. The van der Waals surface area contributed by atoms with Crippen molar-refractivity contribution in [3.63, 3.8) is 0 Å². The molecule has 1 amide bonds. The molecule has 0 unspecified atom stereocenters. The predicted octanol–water partition coefficient (Wildman–Crippen LogP) is 6.40. The number of amides is 1. The summed E-state index contributed by atoms with van der Waals surface area (Å²) in [5.74, 6) is 1.17. The summed E-state index contributed by atoms with van der Waals surface area (Å²) in [6, 6.07) is 28.0. The summed E-state index contributed by atoms with van der Waals surface area (Å²) < 4.78 is 29.7. The highest BCUT2D eigenvalue weighted by atomic mass is 19.1. The first kappa shape index (κ1) is 26.4. The molecule has 4 aromatic carbocycles. The number of hydrazone groups is 1. The fraction of sp³-hybridized carbons (Fsp3) is 0.0938. The summed E-state index contributed by atoms with van der Waals surface area (Å²) in [7, 11) is 3.18. The van der Waals surface area contributed by atoms with Crippen molar-refractivity contribution >= 4 is 23.0 Å². The van der Waals surface area contributed by atoms with E-state index in [9.17, 15) is 9.18 Å². The number of fused-ring (bicyclic) bond motifs is 1. The molecular weight excluding hydrogens is 509 g/mol. The lowest BCUT2D eigenvalue weighted by Gasteiger charge is -2.11. The third-order valence-electron chi connectivity index (χ3n) is 6.22. The Hall–Kier alpha value is -5.24. The van der Waals surface area contributed by atoms with Gasteiger partial charge in [0, 0.05) is 16.5 Å². The summed E-state index contributed by atoms with van der Waals surface area (Å²) in [4.78, 5) is 18.0. The van der Waals surface area contributed by atoms with Crippen molar-refractivity contribution in [2.24, 2.45) is 5.10 Å². The molecule has 1 heterocycles. The van der Waals surface area contributed by atoms with Crippen LogP contribution in [0.3, 0.4) is 0 Å². The van der Waals surface area contributed by atoms with Gasteiger partial charge in [0.05, 0.1) is 37.2 Å². The highest BCUT2D eigenvalue weighted by Crippen LogP contribution is 2.27. The number of halogens is 1. The fourth-order valence-electron chi connectivity index (χ4n) is 4.20. The van der Waals surface area contributed by atoms with Gasteiger partial charge in [-0.1, -0.05) is 30.3 Å². The molecule has 5 rings (SSSR count). The minimum atomic E-state index is -0.368. The van der Waals surface area contributed by atoms with Gasteiger partial charge in [0.1, 0.15) is 29.7 Å². The number of pyridine rings is 1. The van der Waals surface area contributed by atoms with Crippen molar-refractivity contribution in [1.29, 1.82) is 0 Å². The molecule has 0 aliphatic rings. The lowest BCUT2D eigenvalue weighted by molar-refractivity contribution is 0.0956. The number of nitrogens with one attached hydrogen (secondary N) is 1. The van der Waals surface area contributed by atoms with Crippen LogP contribution in [0, 0.1) is 5.82 Å². The number of aromatic nitrogens is 1. The topological polar surface area (TPSA) is 82.0 Å². The van der Waals surface area contributed by atoms with Gasteiger partial charge < -0.3 is 14.2 Å². The number of nitrogens with zero attached hydrogens (tertiary/aromatic N) is 2. The number of hydrogen-bond acceptors (Lipinski definition) is 6. The summed E-state index contributed by atoms with van der Waals surface area (Å²) in [6.45, 7) is 0.207. The minimum Gasteiger partial charge on any atom is -0.497 e. The minimum absolute atomic E-state index is 0.207. The standard InChI is InChI=1S/C32H26FN3O4/c1-38-26-7-5-6-22(17-26)30-18-28(27-8-3-4-9-29(27)35-30)32(37)36-34-19-21-10-15-31(39-2)23(16-21)20-40-25-13-11-24(33)12-14-25/h3-19H,20H2,1-2H3,(H,36,37)/b34-19+. The molecule has 7 nitrogen and oxygen atoms in total. The molecule has 5 aromatic rings. The van der Waals surface area contributed by atoms with Crippen molar-refractivity contribution in [2.75, 3.05) is 14.2 Å². The molecule has 8 heteroatoms. The molecule has 0 bridgehead atoms. The number of rotatable bonds is 9. The van der Waals surface area contributed by atoms with E-state index in [2.05, 4.69) is 10.5 Å². The zero-order valence-corrected chi connectivity index (χ0v) is 21.9. The highest BCUT2D eigenvalue weighted by Gasteiger charge is 2.14. The maximum absolute atomic E-state index is 13.3. The fourth-order valence-corrected chi connectivity index (χ4v) is 4.20. The molecule has 0 saturated heterocycles. The maximum Gasteiger partial charge on any atom is 0.272 e. The van der Waals surface area contributed by atoms with E-state index in [1.165, 1.54) is 12.1 Å². The van der Waals surface area contributed by atoms with Crippen molar-refractivity contribution in [2.45, 2.75) is 6.61 Å². The van der Waals surface area contributed by atoms with Crippen LogP contribution in [0.25, 0.3) is 22.2 Å². The van der Waals surface area contributed by atoms with Crippen LogP contribution in [0.15, 0.2) is 102 Å². The van der Waals surface area contributed by atoms with E-state index in [1.807, 2.05) is 60.7 Å². The van der Waals surface area contributed by atoms with Crippen LogP contribution in [0.2, 0.25) is 0 Å². The van der Waals surface area contributed by atoms with Gasteiger partial charge >= 0.3 is 0 Å². The van der Waals surface area contributed by atoms with Gasteiger partial charge in [0.15, 0.2) is 0 Å². The summed E-state index contributed by atoms with van der Waals surface area (Å²) in [5, 5.41) is 4.91. The van der Waals surface area contributed by atoms with Gasteiger partial charge in [-0.3, -0.25) is 4.79 Å². The van der Waals surface area contributed by atoms with Crippen LogP contribution < -0.4 is 19.6 Å². The Morgan fingerprint density at radius 3 is 2.52 bits per heavy atom. The monoisotopic (exact) mass is 535 g/mol. The molecule has 0 aliphatic heterocycles. The van der Waals surface area contributed by atoms with Crippen LogP contribution in [0.1, 0.15) is 21.5 Å². The van der Waals surface area contributed by atoms with Crippen LogP contribution in [-0.2, 0) is 6.61 Å². The van der Waals surface area contributed by atoms with E-state index in [4.69, 9.17) is 19.2 Å². The Bertz CT molecular complexity index is 1690. The third-order valence-corrected chi connectivity index (χ3v) is 6.22. The Morgan fingerprint density at radius 2 is 1.73 bits per heavy atom. The van der Waals surface area contributed by atoms with Crippen LogP contribution in [-0.4, -0.2) is 31.3 Å². The molecule has 0 radical (unpaired) electrons. The summed E-state index contributed by atoms with van der Waals surface area (Å²) in [5.41, 5.74) is 6.75. The highest BCUT2D eigenvalue weighted by molar-refractivity contribution is 6.07. The maximum atomic E-state index is 13.3. The molecule has 1 aromatic heterocycles. The molecule has 40 heavy (non-hydrogen) atoms. The number of carbonyl (C=O) groups excluding carboxylic acids is 1. The Kier molecular flexibility index (Phi) is 7.97. The van der Waals surface area contributed by atoms with Crippen LogP contribution in [0.4, 0.5) is 4.39 Å². The first-order valence-electron chi connectivity index (χ1n) is 12.5. The summed E-state index contributed by atoms with van der Waals surface area (Å²) in [6.07, 6.45) is 1.55. The van der Waals surface area contributed by atoms with Crippen LogP contribution in [0.5, 0.6) is 17.2 Å². The number of methoxy groups -OCH3 is 2. The van der Waals surface area contributed by atoms with Crippen molar-refractivity contribution in [1.82, 2.24) is 10.4 Å². The van der Waals surface area contributed by atoms with Gasteiger partial charge in [-0.05, 0) is 72.3 Å². The second-order valence-corrected chi connectivity index (χ2v) is 8.82. The van der Waals surface area contributed by atoms with Gasteiger partial charge in [0.2, 0.25) is 0 Å². The summed E-state index contributed by atoms with van der Waals surface area (Å²) >= 11 is 0. The largest absolute Gasteiger partial charge is 0.497 e. The second kappa shape index (κ2) is 12.1. The van der Waals surface area contributed by atoms with Gasteiger partial charge in [-0.25, -0.2) is 14.8 Å². The zero-order chi connectivity index (χ0) is 27.9. The smallest absolute Gasteiger partial charge is 0.272 e. The first-order valence-corrected chi connectivity index (χ1v) is 12.5. The SMILES string of the molecule is COc1cccc(-c2cc(C(=O)N/N=C/c3ccc(OC)c(COc4ccc(F)cc4)c3)c3ccccc3n2)c1. The Morgan fingerprint density at radius 1 is 0.900 bits per heavy atom. The van der Waals surface area contributed by atoms with Gasteiger partial charge in [0.25, 0.3) is 5.91 Å². The van der Waals surface area contributed by atoms with E-state index in [0.29, 0.717) is 39.4 Å². The molecule has 1 N–H and O–H groups in total. The van der Waals surface area contributed by atoms with E-state index in [1.54, 1.807) is 44.7 Å². The number of hydrogen-bond donors (Lipinski definition) is 1. The Balaban J connectivity index is 1.35. The van der Waals surface area contributed by atoms with Gasteiger partial charge in [-0.15, -0.1) is 0 Å². The molecule has 0 saturated carbocycles. The van der Waals surface area contributed by atoms with Crippen molar-refractivity contribution < 1.29 is 23.4 Å². The number of benzene rings is 4. The van der Waals surface area contributed by atoms with Crippen molar-refractivity contribution in [3.05, 3.63) is 120 Å². The second-order valence-electron chi connectivity index (χ2n) is 8.82. The molecule has 0 aliphatic carbocycles. The van der Waals surface area contributed by atoms with Gasteiger partial charge in [-0.2, -0.15) is 5.10 Å². The Labute approximate surface area is 230 Å². The van der Waals surface area contributed by atoms with Crippen molar-refractivity contribution in [3.8, 4) is 28.5 Å². The number of ether oxygens (including phenoxy) is 3. The zero-order valence-electron chi connectivity index (χ0n) is 21.9. The lowest BCUT2D eigenvalue weighted by atomic mass is 10.0. The van der Waals surface area contributed by atoms with E-state index < -0.39 is 0 Å². The average Bonchev–Trinajstić information content (AvgIpc) is 3.00. The average molecular weight is 536 g/mol. The van der Waals surface area contributed by atoms with E-state index >= 15 is 0 Å². The lowest BCUT2D eigenvalue weighted by Crippen LogP contribution is -2.18.